The third-order valence-electron chi connectivity index (χ3n) is 6.21. The summed E-state index contributed by atoms with van der Waals surface area (Å²) in [5.41, 5.74) is 6.73. The van der Waals surface area contributed by atoms with E-state index in [-0.39, 0.29) is 42.0 Å². The summed E-state index contributed by atoms with van der Waals surface area (Å²) in [7, 11) is 0. The predicted octanol–water partition coefficient (Wildman–Crippen LogP) is 5.99. The second-order valence-electron chi connectivity index (χ2n) is 10.2. The van der Waals surface area contributed by atoms with Gasteiger partial charge in [-0.05, 0) is 26.7 Å². The fourth-order valence-corrected chi connectivity index (χ4v) is 4.04. The van der Waals surface area contributed by atoms with Crippen LogP contribution in [0.1, 0.15) is 67.2 Å². The highest BCUT2D eigenvalue weighted by molar-refractivity contribution is 6.29. The van der Waals surface area contributed by atoms with Gasteiger partial charge in [-0.15, -0.1) is 0 Å². The molecule has 1 rings (SSSR count). The Morgan fingerprint density at radius 1 is 1.15 bits per heavy atom. The van der Waals surface area contributed by atoms with E-state index < -0.39 is 18.2 Å². The minimum atomic E-state index is -0.874. The van der Waals surface area contributed by atoms with Crippen molar-refractivity contribution in [2.24, 2.45) is 17.6 Å². The number of allylic oxidation sites excluding steroid dienone is 6. The molecule has 1 aliphatic heterocycles. The van der Waals surface area contributed by atoms with Crippen LogP contribution in [0.5, 0.6) is 0 Å². The number of carbonyl (C=O) groups excluding carboxylic acids is 4. The molecule has 0 aliphatic carbocycles. The lowest BCUT2D eigenvalue weighted by molar-refractivity contribution is -0.147. The standard InChI is InChI=1S/C31H43ClN2O6/c1-20(2)29(26(35)13-9-8-12-25(39-31(33)38)17-16-24(6)32)34-28(36)14-10-7-11-21(3)19-23(5)27-18-15-22(4)30(37)40-27/h7-11,14-16,19-20,23,25,27,29H,12-13,17-18H2,1-6H3,(H2,33,38)(H,34,36)/b9-8-,11-7-,14-10-,21-19+,24-16+/t23-,25-,27-,29-/m0/s1. The molecule has 0 aromatic heterocycles. The Kier molecular flexibility index (Phi) is 15.6. The van der Waals surface area contributed by atoms with Crippen molar-refractivity contribution in [1.82, 2.24) is 5.32 Å². The average Bonchev–Trinajstić information content (AvgIpc) is 2.86. The van der Waals surface area contributed by atoms with E-state index in [0.29, 0.717) is 29.9 Å². The van der Waals surface area contributed by atoms with E-state index in [4.69, 9.17) is 26.8 Å². The van der Waals surface area contributed by atoms with Crippen molar-refractivity contribution in [3.05, 3.63) is 70.9 Å². The number of hydrogen-bond acceptors (Lipinski definition) is 6. The Bertz CT molecular complexity index is 1080. The summed E-state index contributed by atoms with van der Waals surface area (Å²) in [4.78, 5) is 48.1. The number of Topliss-reactive ketones (excluding diaryl/α,β-unsaturated/α-hetero) is 1. The predicted molar refractivity (Wildman–Crippen MR) is 158 cm³/mol. The molecule has 1 heterocycles. The van der Waals surface area contributed by atoms with Crippen molar-refractivity contribution in [2.75, 3.05) is 0 Å². The first-order valence-electron chi connectivity index (χ1n) is 13.5. The van der Waals surface area contributed by atoms with E-state index in [9.17, 15) is 19.2 Å². The van der Waals surface area contributed by atoms with Crippen LogP contribution in [-0.4, -0.2) is 42.0 Å². The highest BCUT2D eigenvalue weighted by Crippen LogP contribution is 2.22. The van der Waals surface area contributed by atoms with Gasteiger partial charge in [0.15, 0.2) is 5.78 Å². The Morgan fingerprint density at radius 2 is 1.82 bits per heavy atom. The molecule has 0 spiro atoms. The maximum Gasteiger partial charge on any atom is 0.404 e. The van der Waals surface area contributed by atoms with Crippen LogP contribution in [-0.2, 0) is 23.9 Å². The second-order valence-corrected chi connectivity index (χ2v) is 10.8. The highest BCUT2D eigenvalue weighted by Gasteiger charge is 2.24. The van der Waals surface area contributed by atoms with E-state index in [0.717, 1.165) is 5.57 Å². The Labute approximate surface area is 243 Å². The number of cyclic esters (lactones) is 1. The molecule has 0 bridgehead atoms. The van der Waals surface area contributed by atoms with E-state index >= 15 is 0 Å². The summed E-state index contributed by atoms with van der Waals surface area (Å²) in [6, 6.07) is -0.649. The number of ether oxygens (including phenoxy) is 2. The number of nitrogens with two attached hydrogens (primary N) is 1. The summed E-state index contributed by atoms with van der Waals surface area (Å²) in [6.45, 7) is 11.1. The fraction of sp³-hybridized carbons (Fsp3) is 0.484. The van der Waals surface area contributed by atoms with E-state index in [1.54, 1.807) is 44.2 Å². The van der Waals surface area contributed by atoms with Crippen LogP contribution in [0.25, 0.3) is 0 Å². The van der Waals surface area contributed by atoms with Gasteiger partial charge in [-0.25, -0.2) is 9.59 Å². The normalized spacial score (nSPS) is 19.1. The summed E-state index contributed by atoms with van der Waals surface area (Å²) in [6.07, 6.45) is 15.7. The van der Waals surface area contributed by atoms with Gasteiger partial charge in [0.05, 0.1) is 6.04 Å². The van der Waals surface area contributed by atoms with Crippen molar-refractivity contribution >= 4 is 35.4 Å². The smallest absolute Gasteiger partial charge is 0.404 e. The summed E-state index contributed by atoms with van der Waals surface area (Å²) in [5.74, 6) is -0.832. The maximum atomic E-state index is 12.8. The van der Waals surface area contributed by atoms with Crippen molar-refractivity contribution in [3.63, 3.8) is 0 Å². The van der Waals surface area contributed by atoms with Crippen LogP contribution in [0.15, 0.2) is 70.9 Å². The molecule has 0 radical (unpaired) electrons. The van der Waals surface area contributed by atoms with Crippen LogP contribution in [0.2, 0.25) is 0 Å². The minimum Gasteiger partial charge on any atom is -0.458 e. The zero-order valence-electron chi connectivity index (χ0n) is 24.3. The van der Waals surface area contributed by atoms with E-state index in [1.807, 2.05) is 45.9 Å². The SMILES string of the molecule is CC1=CC[C@@H]([C@@H](C)/C=C(C)/C=C\C=C/C(=O)N[C@H](C(=O)C/C=C\C[C@@H](C/C=C(\C)Cl)OC(N)=O)C(C)C)OC1=O. The van der Waals surface area contributed by atoms with Crippen molar-refractivity contribution in [2.45, 2.75) is 85.5 Å². The molecule has 0 unspecified atom stereocenters. The van der Waals surface area contributed by atoms with Gasteiger partial charge in [0.1, 0.15) is 12.2 Å². The van der Waals surface area contributed by atoms with Crippen LogP contribution >= 0.6 is 11.6 Å². The topological polar surface area (TPSA) is 125 Å². The number of hydrogen-bond donors (Lipinski definition) is 2. The van der Waals surface area contributed by atoms with Crippen molar-refractivity contribution < 1.29 is 28.7 Å². The lowest BCUT2D eigenvalue weighted by atomic mass is 9.96. The Balaban J connectivity index is 2.62. The number of carbonyl (C=O) groups is 4. The maximum absolute atomic E-state index is 12.8. The van der Waals surface area contributed by atoms with E-state index in [2.05, 4.69) is 5.32 Å². The molecule has 40 heavy (non-hydrogen) atoms. The fourth-order valence-electron chi connectivity index (χ4n) is 3.95. The first-order chi connectivity index (χ1) is 18.8. The molecule has 0 saturated carbocycles. The number of esters is 1. The lowest BCUT2D eigenvalue weighted by Crippen LogP contribution is -2.43. The molecule has 0 aromatic rings. The quantitative estimate of drug-likeness (QED) is 0.107. The molecule has 220 valence electrons. The molecule has 8 nitrogen and oxygen atoms in total. The third-order valence-corrected chi connectivity index (χ3v) is 6.36. The number of halogens is 1. The Morgan fingerprint density at radius 3 is 2.42 bits per heavy atom. The number of amides is 2. The number of primary amides is 1. The van der Waals surface area contributed by atoms with Crippen molar-refractivity contribution in [3.8, 4) is 0 Å². The molecule has 4 atom stereocenters. The molecule has 9 heteroatoms. The van der Waals surface area contributed by atoms with Crippen LogP contribution in [0.3, 0.4) is 0 Å². The van der Waals surface area contributed by atoms with Gasteiger partial charge in [-0.2, -0.15) is 0 Å². The zero-order valence-corrected chi connectivity index (χ0v) is 25.1. The van der Waals surface area contributed by atoms with Gasteiger partial charge in [-0.3, -0.25) is 9.59 Å². The molecule has 0 fully saturated rings. The van der Waals surface area contributed by atoms with E-state index in [1.165, 1.54) is 6.08 Å². The van der Waals surface area contributed by atoms with Gasteiger partial charge < -0.3 is 20.5 Å². The van der Waals surface area contributed by atoms with Gasteiger partial charge in [0.25, 0.3) is 0 Å². The molecule has 0 saturated heterocycles. The monoisotopic (exact) mass is 574 g/mol. The molecule has 0 aromatic carbocycles. The molecular weight excluding hydrogens is 532 g/mol. The molecule has 2 amide bonds. The summed E-state index contributed by atoms with van der Waals surface area (Å²) >= 11 is 5.84. The van der Waals surface area contributed by atoms with Crippen LogP contribution in [0, 0.1) is 11.8 Å². The first-order valence-corrected chi connectivity index (χ1v) is 13.8. The van der Waals surface area contributed by atoms with Crippen LogP contribution in [0.4, 0.5) is 4.79 Å². The van der Waals surface area contributed by atoms with Gasteiger partial charge >= 0.3 is 12.1 Å². The lowest BCUT2D eigenvalue weighted by Gasteiger charge is -2.25. The number of rotatable bonds is 15. The van der Waals surface area contributed by atoms with Gasteiger partial charge in [0, 0.05) is 48.3 Å². The Hall–Kier alpha value is -3.39. The third kappa shape index (κ3) is 14.1. The molecular formula is C31H43ClN2O6. The minimum absolute atomic E-state index is 0.0466. The van der Waals surface area contributed by atoms with Crippen molar-refractivity contribution in [1.29, 1.82) is 0 Å². The summed E-state index contributed by atoms with van der Waals surface area (Å²) < 4.78 is 10.5. The average molecular weight is 575 g/mol. The second kappa shape index (κ2) is 18.1. The molecule has 3 N–H and O–H groups in total. The molecule has 1 aliphatic rings. The number of ketones is 1. The zero-order chi connectivity index (χ0) is 30.2. The summed E-state index contributed by atoms with van der Waals surface area (Å²) in [5, 5.41) is 3.35. The largest absolute Gasteiger partial charge is 0.458 e. The number of nitrogens with one attached hydrogen (secondary N) is 1. The highest BCUT2D eigenvalue weighted by atomic mass is 35.5. The first kappa shape index (κ1) is 34.6. The van der Waals surface area contributed by atoms with Crippen LogP contribution < -0.4 is 11.1 Å². The van der Waals surface area contributed by atoms with Gasteiger partial charge in [-0.1, -0.05) is 86.6 Å². The van der Waals surface area contributed by atoms with Gasteiger partial charge in [0.2, 0.25) is 5.91 Å².